The maximum Gasteiger partial charge on any atom is 0.257 e. The van der Waals surface area contributed by atoms with Crippen molar-refractivity contribution in [3.05, 3.63) is 60.3 Å². The highest BCUT2D eigenvalue weighted by atomic mass is 35.5. The van der Waals surface area contributed by atoms with Gasteiger partial charge in [0, 0.05) is 44.0 Å². The van der Waals surface area contributed by atoms with E-state index in [-0.39, 0.29) is 24.8 Å². The van der Waals surface area contributed by atoms with E-state index < -0.39 is 0 Å². The van der Waals surface area contributed by atoms with Crippen molar-refractivity contribution in [2.45, 2.75) is 26.1 Å². The van der Waals surface area contributed by atoms with E-state index in [1.165, 1.54) is 5.69 Å². The van der Waals surface area contributed by atoms with E-state index in [0.717, 1.165) is 36.7 Å². The second kappa shape index (κ2) is 9.21. The second-order valence-electron chi connectivity index (χ2n) is 6.50. The number of hydrogen-bond acceptors (Lipinski definition) is 6. The second-order valence-corrected chi connectivity index (χ2v) is 6.50. The summed E-state index contributed by atoms with van der Waals surface area (Å²) in [6.07, 6.45) is 4.43. The normalized spacial score (nSPS) is 12.7. The molecule has 0 radical (unpaired) electrons. The van der Waals surface area contributed by atoms with Gasteiger partial charge in [0.15, 0.2) is 11.6 Å². The number of benzene rings is 1. The zero-order chi connectivity index (χ0) is 18.1. The molecule has 10 heteroatoms. The molecule has 1 aliphatic rings. The van der Waals surface area contributed by atoms with Crippen LogP contribution < -0.4 is 5.32 Å². The Hall–Kier alpha value is -2.68. The predicted octanol–water partition coefficient (Wildman–Crippen LogP) is 2.99. The fourth-order valence-electron chi connectivity index (χ4n) is 3.30. The number of hydrogen-bond donors (Lipinski definition) is 1. The van der Waals surface area contributed by atoms with E-state index in [0.29, 0.717) is 24.7 Å². The summed E-state index contributed by atoms with van der Waals surface area (Å²) in [7, 11) is 0. The van der Waals surface area contributed by atoms with Crippen LogP contribution in [0.5, 0.6) is 0 Å². The molecule has 0 spiro atoms. The van der Waals surface area contributed by atoms with Gasteiger partial charge < -0.3 is 14.4 Å². The Morgan fingerprint density at radius 3 is 2.83 bits per heavy atom. The minimum atomic E-state index is 0. The first kappa shape index (κ1) is 21.0. The molecule has 0 aliphatic carbocycles. The molecule has 0 saturated carbocycles. The number of imidazole rings is 1. The Balaban J connectivity index is 0.00000120. The molecule has 0 saturated heterocycles. The van der Waals surface area contributed by atoms with Gasteiger partial charge in [-0.3, -0.25) is 4.68 Å². The summed E-state index contributed by atoms with van der Waals surface area (Å²) < 4.78 is 9.52. The summed E-state index contributed by atoms with van der Waals surface area (Å²) in [6, 6.07) is 11.9. The molecular formula is C19H21Cl2N7O. The first-order chi connectivity index (χ1) is 13.4. The molecule has 0 unspecified atom stereocenters. The molecule has 1 N–H and O–H groups in total. The van der Waals surface area contributed by atoms with E-state index in [1.54, 1.807) is 6.20 Å². The third kappa shape index (κ3) is 4.34. The van der Waals surface area contributed by atoms with Gasteiger partial charge in [0.25, 0.3) is 5.89 Å². The molecule has 29 heavy (non-hydrogen) atoms. The van der Waals surface area contributed by atoms with Crippen LogP contribution in [0.25, 0.3) is 23.0 Å². The highest BCUT2D eigenvalue weighted by Crippen LogP contribution is 2.20. The molecular weight excluding hydrogens is 413 g/mol. The van der Waals surface area contributed by atoms with Gasteiger partial charge >= 0.3 is 0 Å². The zero-order valence-electron chi connectivity index (χ0n) is 15.6. The molecule has 0 atom stereocenters. The van der Waals surface area contributed by atoms with Gasteiger partial charge in [-0.1, -0.05) is 23.4 Å². The van der Waals surface area contributed by atoms with Gasteiger partial charge in [0.1, 0.15) is 5.69 Å². The van der Waals surface area contributed by atoms with E-state index in [4.69, 9.17) is 9.62 Å². The molecule has 5 rings (SSSR count). The Labute approximate surface area is 180 Å². The number of fused-ring (bicyclic) bond motifs is 1. The van der Waals surface area contributed by atoms with Gasteiger partial charge in [-0.2, -0.15) is 10.1 Å². The van der Waals surface area contributed by atoms with Crippen molar-refractivity contribution in [2.75, 3.05) is 6.54 Å². The third-order valence-electron chi connectivity index (χ3n) is 4.68. The summed E-state index contributed by atoms with van der Waals surface area (Å²) in [4.78, 5) is 8.99. The van der Waals surface area contributed by atoms with Crippen LogP contribution >= 0.6 is 24.8 Å². The molecule has 8 nitrogen and oxygen atoms in total. The van der Waals surface area contributed by atoms with E-state index in [1.807, 2.05) is 36.5 Å². The molecule has 4 aromatic rings. The average Bonchev–Trinajstić information content (AvgIpc) is 3.45. The summed E-state index contributed by atoms with van der Waals surface area (Å²) in [5, 5.41) is 12.2. The lowest BCUT2D eigenvalue weighted by atomic mass is 10.2. The van der Waals surface area contributed by atoms with Crippen LogP contribution in [0.15, 0.2) is 53.3 Å². The maximum atomic E-state index is 5.38. The van der Waals surface area contributed by atoms with Crippen molar-refractivity contribution >= 4 is 24.8 Å². The molecule has 0 fully saturated rings. The summed E-state index contributed by atoms with van der Waals surface area (Å²) in [5.41, 5.74) is 3.02. The van der Waals surface area contributed by atoms with Gasteiger partial charge in [0.05, 0.1) is 12.2 Å². The Morgan fingerprint density at radius 2 is 2.00 bits per heavy atom. The van der Waals surface area contributed by atoms with Crippen molar-refractivity contribution < 1.29 is 4.52 Å². The van der Waals surface area contributed by atoms with Crippen molar-refractivity contribution in [3.8, 4) is 23.0 Å². The molecule has 0 bridgehead atoms. The Morgan fingerprint density at radius 1 is 1.14 bits per heavy atom. The molecule has 3 aromatic heterocycles. The lowest BCUT2D eigenvalue weighted by Gasteiger charge is -2.13. The third-order valence-corrected chi connectivity index (χ3v) is 4.68. The van der Waals surface area contributed by atoms with E-state index in [9.17, 15) is 0 Å². The number of nitrogens with zero attached hydrogens (tertiary/aromatic N) is 6. The Bertz CT molecular complexity index is 1030. The van der Waals surface area contributed by atoms with Gasteiger partial charge in [-0.15, -0.1) is 24.8 Å². The zero-order valence-corrected chi connectivity index (χ0v) is 17.2. The van der Waals surface area contributed by atoms with Crippen molar-refractivity contribution in [1.29, 1.82) is 0 Å². The predicted molar refractivity (Wildman–Crippen MR) is 113 cm³/mol. The monoisotopic (exact) mass is 433 g/mol. The highest BCUT2D eigenvalue weighted by Gasteiger charge is 2.16. The van der Waals surface area contributed by atoms with Gasteiger partial charge in [0.2, 0.25) is 0 Å². The quantitative estimate of drug-likeness (QED) is 0.520. The number of aromatic nitrogens is 6. The lowest BCUT2D eigenvalue weighted by molar-refractivity contribution is 0.420. The Kier molecular flexibility index (Phi) is 6.68. The number of rotatable bonds is 5. The van der Waals surface area contributed by atoms with Crippen LogP contribution in [0.2, 0.25) is 0 Å². The van der Waals surface area contributed by atoms with Crippen LogP contribution in [-0.4, -0.2) is 36.0 Å². The van der Waals surface area contributed by atoms with Crippen molar-refractivity contribution in [1.82, 2.24) is 34.8 Å². The van der Waals surface area contributed by atoms with Crippen LogP contribution in [0.3, 0.4) is 0 Å². The van der Waals surface area contributed by atoms with Crippen molar-refractivity contribution in [3.63, 3.8) is 0 Å². The lowest BCUT2D eigenvalue weighted by Crippen LogP contribution is -2.28. The first-order valence-corrected chi connectivity index (χ1v) is 9.04. The van der Waals surface area contributed by atoms with Crippen LogP contribution in [0.4, 0.5) is 0 Å². The van der Waals surface area contributed by atoms with Gasteiger partial charge in [-0.05, 0) is 18.2 Å². The van der Waals surface area contributed by atoms with Gasteiger partial charge in [-0.25, -0.2) is 4.98 Å². The topological polar surface area (TPSA) is 86.6 Å². The molecule has 4 heterocycles. The van der Waals surface area contributed by atoms with Crippen LogP contribution in [0, 0.1) is 0 Å². The fraction of sp³-hybridized carbons (Fsp3) is 0.263. The largest absolute Gasteiger partial charge is 0.334 e. The highest BCUT2D eigenvalue weighted by molar-refractivity contribution is 5.85. The minimum Gasteiger partial charge on any atom is -0.334 e. The minimum absolute atomic E-state index is 0. The SMILES string of the molecule is Cl.Cl.c1ccc(-c2nc(CCn3ccnc3-c3cc4n(n3)CCNC4)no2)cc1. The molecule has 152 valence electrons. The standard InChI is InChI=1S/C19H19N7O.2ClH/c1-2-4-14(5-3-1)19-22-17(24-27-19)6-9-25-10-8-21-18(25)16-12-15-13-20-7-11-26(15)23-16;;/h1-5,8,10,12,20H,6-7,9,11,13H2;2*1H. The summed E-state index contributed by atoms with van der Waals surface area (Å²) in [6.45, 7) is 3.40. The molecule has 1 aliphatic heterocycles. The average molecular weight is 434 g/mol. The molecule has 1 aromatic carbocycles. The number of nitrogens with one attached hydrogen (secondary N) is 1. The smallest absolute Gasteiger partial charge is 0.257 e. The summed E-state index contributed by atoms with van der Waals surface area (Å²) >= 11 is 0. The summed E-state index contributed by atoms with van der Waals surface area (Å²) in [5.74, 6) is 2.09. The van der Waals surface area contributed by atoms with E-state index in [2.05, 4.69) is 35.8 Å². The number of aryl methyl sites for hydroxylation is 2. The maximum absolute atomic E-state index is 5.38. The fourth-order valence-corrected chi connectivity index (χ4v) is 3.30. The van der Waals surface area contributed by atoms with Crippen LogP contribution in [-0.2, 0) is 26.1 Å². The van der Waals surface area contributed by atoms with Crippen LogP contribution in [0.1, 0.15) is 11.5 Å². The van der Waals surface area contributed by atoms with E-state index >= 15 is 0 Å². The first-order valence-electron chi connectivity index (χ1n) is 9.04. The van der Waals surface area contributed by atoms with Crippen molar-refractivity contribution in [2.24, 2.45) is 0 Å². The number of halogens is 2. The molecule has 0 amide bonds.